The van der Waals surface area contributed by atoms with Crippen LogP contribution in [-0.2, 0) is 17.8 Å². The molecule has 5 rings (SSSR count). The number of ether oxygens (including phenoxy) is 1. The van der Waals surface area contributed by atoms with Gasteiger partial charge in [-0.2, -0.15) is 0 Å². The van der Waals surface area contributed by atoms with Crippen molar-refractivity contribution in [2.75, 3.05) is 26.2 Å². The quantitative estimate of drug-likeness (QED) is 0.222. The molecule has 2 aliphatic rings. The van der Waals surface area contributed by atoms with E-state index in [1.54, 1.807) is 33.4 Å². The van der Waals surface area contributed by atoms with E-state index >= 15 is 0 Å². The lowest BCUT2D eigenvalue weighted by atomic mass is 10.0. The van der Waals surface area contributed by atoms with E-state index in [2.05, 4.69) is 17.9 Å². The number of thiol groups is 1. The highest BCUT2D eigenvalue weighted by atomic mass is 32.2. The number of amides is 1. The lowest BCUT2D eigenvalue weighted by Gasteiger charge is -2.30. The van der Waals surface area contributed by atoms with Gasteiger partial charge in [-0.15, -0.1) is 12.6 Å². The fourth-order valence-electron chi connectivity index (χ4n) is 4.50. The molecule has 0 bridgehead atoms. The molecule has 1 N–H and O–H groups in total. The minimum absolute atomic E-state index is 0.00364. The van der Waals surface area contributed by atoms with Crippen molar-refractivity contribution in [1.82, 2.24) is 19.8 Å². The minimum Gasteiger partial charge on any atom is -0.492 e. The van der Waals surface area contributed by atoms with Crippen molar-refractivity contribution in [2.24, 2.45) is 0 Å². The molecule has 1 fully saturated rings. The van der Waals surface area contributed by atoms with Gasteiger partial charge in [-0.05, 0) is 49.2 Å². The van der Waals surface area contributed by atoms with Crippen LogP contribution >= 0.6 is 24.4 Å². The number of carbonyl (C=O) groups excluding carboxylic acids is 1. The predicted molar refractivity (Wildman–Crippen MR) is 149 cm³/mol. The zero-order chi connectivity index (χ0) is 26.5. The van der Waals surface area contributed by atoms with E-state index in [1.165, 1.54) is 18.6 Å². The lowest BCUT2D eigenvalue weighted by Crippen LogP contribution is -2.42. The molecule has 3 aromatic rings. The molecule has 10 heteroatoms. The van der Waals surface area contributed by atoms with Crippen molar-refractivity contribution < 1.29 is 13.9 Å². The van der Waals surface area contributed by atoms with Gasteiger partial charge in [-0.1, -0.05) is 30.3 Å². The van der Waals surface area contributed by atoms with Gasteiger partial charge >= 0.3 is 0 Å². The Morgan fingerprint density at radius 1 is 1.16 bits per heavy atom. The molecular weight excluding hydrogens is 523 g/mol. The number of hydrogen-bond donors (Lipinski definition) is 2. The third kappa shape index (κ3) is 6.24. The molecular formula is C28H31FN4O3S2. The molecule has 0 unspecified atom stereocenters. The molecule has 1 saturated carbocycles. The highest BCUT2D eigenvalue weighted by Gasteiger charge is 2.29. The predicted octanol–water partition coefficient (Wildman–Crippen LogP) is 4.25. The molecule has 2 aromatic carbocycles. The smallest absolute Gasteiger partial charge is 0.264 e. The number of fused-ring (bicyclic) bond motifs is 1. The number of thioether (sulfide) groups is 1. The fraction of sp³-hybridized carbons (Fsp3) is 0.393. The van der Waals surface area contributed by atoms with Crippen molar-refractivity contribution >= 4 is 30.3 Å². The number of halogens is 1. The van der Waals surface area contributed by atoms with E-state index in [9.17, 15) is 14.0 Å². The second-order valence-electron chi connectivity index (χ2n) is 9.49. The molecule has 1 amide bonds. The summed E-state index contributed by atoms with van der Waals surface area (Å²) in [6.07, 6.45) is 4.37. The van der Waals surface area contributed by atoms with Crippen molar-refractivity contribution in [1.29, 1.82) is 0 Å². The van der Waals surface area contributed by atoms with Crippen LogP contribution in [0.4, 0.5) is 4.39 Å². The monoisotopic (exact) mass is 554 g/mol. The van der Waals surface area contributed by atoms with Crippen LogP contribution in [0.15, 0.2) is 63.4 Å². The summed E-state index contributed by atoms with van der Waals surface area (Å²) < 4.78 is 20.2. The summed E-state index contributed by atoms with van der Waals surface area (Å²) >= 11 is 6.28. The average molecular weight is 555 g/mol. The van der Waals surface area contributed by atoms with Crippen LogP contribution in [0, 0.1) is 5.82 Å². The van der Waals surface area contributed by atoms with Gasteiger partial charge in [0, 0.05) is 42.6 Å². The van der Waals surface area contributed by atoms with Crippen LogP contribution in [-0.4, -0.2) is 51.8 Å². The number of aromatic nitrogens is 2. The van der Waals surface area contributed by atoms with Crippen molar-refractivity contribution in [2.45, 2.75) is 54.0 Å². The molecule has 0 radical (unpaired) electrons. The number of para-hydroxylation sites is 1. The first kappa shape index (κ1) is 26.8. The van der Waals surface area contributed by atoms with Gasteiger partial charge in [0.25, 0.3) is 5.56 Å². The first-order valence-corrected chi connectivity index (χ1v) is 14.3. The van der Waals surface area contributed by atoms with Crippen LogP contribution in [0.25, 0.3) is 5.69 Å². The Kier molecular flexibility index (Phi) is 8.71. The zero-order valence-corrected chi connectivity index (χ0v) is 22.8. The van der Waals surface area contributed by atoms with Crippen LogP contribution in [0.1, 0.15) is 36.9 Å². The molecule has 2 heterocycles. The van der Waals surface area contributed by atoms with Crippen LogP contribution in [0.5, 0.6) is 5.75 Å². The molecule has 1 aliphatic heterocycles. The maximum absolute atomic E-state index is 13.8. The number of hydrogen-bond acceptors (Lipinski definition) is 7. The fourth-order valence-corrected chi connectivity index (χ4v) is 6.08. The lowest BCUT2D eigenvalue weighted by molar-refractivity contribution is -0.132. The molecule has 0 atom stereocenters. The van der Waals surface area contributed by atoms with Gasteiger partial charge in [-0.3, -0.25) is 14.2 Å². The van der Waals surface area contributed by atoms with Gasteiger partial charge in [0.15, 0.2) is 5.16 Å². The highest BCUT2D eigenvalue weighted by molar-refractivity contribution is 7.99. The second kappa shape index (κ2) is 12.4. The van der Waals surface area contributed by atoms with E-state index < -0.39 is 0 Å². The summed E-state index contributed by atoms with van der Waals surface area (Å²) in [4.78, 5) is 34.1. The Hall–Kier alpha value is -2.82. The summed E-state index contributed by atoms with van der Waals surface area (Å²) in [5.74, 6) is 0.296. The normalized spacial score (nSPS) is 15.2. The molecule has 1 aromatic heterocycles. The molecule has 0 saturated heterocycles. The first-order valence-electron chi connectivity index (χ1n) is 13.0. The van der Waals surface area contributed by atoms with Gasteiger partial charge in [0.1, 0.15) is 18.2 Å². The molecule has 0 spiro atoms. The topological polar surface area (TPSA) is 76.5 Å². The summed E-state index contributed by atoms with van der Waals surface area (Å²) in [5, 5.41) is 4.40. The number of nitrogens with one attached hydrogen (secondary N) is 1. The Balaban J connectivity index is 1.21. The molecule has 38 heavy (non-hydrogen) atoms. The van der Waals surface area contributed by atoms with Gasteiger partial charge < -0.3 is 15.0 Å². The maximum atomic E-state index is 13.8. The van der Waals surface area contributed by atoms with Gasteiger partial charge in [0.05, 0.1) is 23.5 Å². The standard InChI is InChI=1S/C28H31FN4O3S2/c29-19-8-10-20(11-9-19)36-17-15-30-14-12-26(34)32-16-13-23-22(18-32)27(35)33(24-6-1-2-7-25(24)37)28(31-23)38-21-4-3-5-21/h1-2,6-11,21,30,37H,3-5,12-18H2. The van der Waals surface area contributed by atoms with Gasteiger partial charge in [-0.25, -0.2) is 9.37 Å². The number of rotatable bonds is 10. The maximum Gasteiger partial charge on any atom is 0.264 e. The molecule has 1 aliphatic carbocycles. The zero-order valence-electron chi connectivity index (χ0n) is 21.1. The Morgan fingerprint density at radius 3 is 2.68 bits per heavy atom. The van der Waals surface area contributed by atoms with Crippen molar-refractivity contribution in [3.05, 3.63) is 76.0 Å². The van der Waals surface area contributed by atoms with E-state index in [0.29, 0.717) is 71.4 Å². The summed E-state index contributed by atoms with van der Waals surface area (Å²) in [6, 6.07) is 13.4. The summed E-state index contributed by atoms with van der Waals surface area (Å²) in [5.41, 5.74) is 1.98. The van der Waals surface area contributed by atoms with E-state index in [1.807, 2.05) is 24.3 Å². The third-order valence-electron chi connectivity index (χ3n) is 6.88. The van der Waals surface area contributed by atoms with E-state index in [4.69, 9.17) is 9.72 Å². The largest absolute Gasteiger partial charge is 0.492 e. The summed E-state index contributed by atoms with van der Waals surface area (Å²) in [7, 11) is 0. The van der Waals surface area contributed by atoms with E-state index in [0.717, 1.165) is 18.5 Å². The van der Waals surface area contributed by atoms with Crippen LogP contribution in [0.3, 0.4) is 0 Å². The average Bonchev–Trinajstić information content (AvgIpc) is 2.90. The Morgan fingerprint density at radius 2 is 1.95 bits per heavy atom. The number of nitrogens with zero attached hydrogens (tertiary/aromatic N) is 3. The highest BCUT2D eigenvalue weighted by Crippen LogP contribution is 2.37. The minimum atomic E-state index is -0.302. The Labute approximate surface area is 231 Å². The summed E-state index contributed by atoms with van der Waals surface area (Å²) in [6.45, 7) is 2.29. The first-order chi connectivity index (χ1) is 18.5. The Bertz CT molecular complexity index is 1340. The van der Waals surface area contributed by atoms with Crippen molar-refractivity contribution in [3.8, 4) is 11.4 Å². The van der Waals surface area contributed by atoms with E-state index in [-0.39, 0.29) is 23.8 Å². The molecule has 7 nitrogen and oxygen atoms in total. The second-order valence-corrected chi connectivity index (χ2v) is 11.2. The number of benzene rings is 2. The van der Waals surface area contributed by atoms with Crippen LogP contribution in [0.2, 0.25) is 0 Å². The SMILES string of the molecule is O=C(CCNCCOc1ccc(F)cc1)N1CCc2nc(SC3CCC3)n(-c3ccccc3S)c(=O)c2C1. The third-order valence-corrected chi connectivity index (χ3v) is 8.54. The molecule has 200 valence electrons. The van der Waals surface area contributed by atoms with Gasteiger partial charge in [0.2, 0.25) is 5.91 Å². The number of carbonyl (C=O) groups is 1. The van der Waals surface area contributed by atoms with Crippen molar-refractivity contribution in [3.63, 3.8) is 0 Å². The van der Waals surface area contributed by atoms with Crippen LogP contribution < -0.4 is 15.6 Å².